The van der Waals surface area contributed by atoms with Gasteiger partial charge >= 0.3 is 0 Å². The third kappa shape index (κ3) is 1.49. The molecule has 0 amide bonds. The van der Waals surface area contributed by atoms with Crippen molar-refractivity contribution in [2.75, 3.05) is 0 Å². The zero-order valence-electron chi connectivity index (χ0n) is 6.74. The molecule has 1 aliphatic rings. The SMILES string of the molecule is O=S(O)C1(c2ccc(Cl)cn2)CC1. The highest BCUT2D eigenvalue weighted by Gasteiger charge is 2.51. The summed E-state index contributed by atoms with van der Waals surface area (Å²) in [5.74, 6) is 0. The minimum Gasteiger partial charge on any atom is -0.305 e. The lowest BCUT2D eigenvalue weighted by Gasteiger charge is -2.08. The molecule has 1 fully saturated rings. The van der Waals surface area contributed by atoms with Crippen LogP contribution < -0.4 is 0 Å². The number of rotatable bonds is 2. The van der Waals surface area contributed by atoms with E-state index in [2.05, 4.69) is 4.98 Å². The van der Waals surface area contributed by atoms with Crippen molar-refractivity contribution in [3.8, 4) is 0 Å². The molecular weight excluding hydrogens is 210 g/mol. The van der Waals surface area contributed by atoms with Crippen LogP contribution >= 0.6 is 11.6 Å². The zero-order valence-corrected chi connectivity index (χ0v) is 8.31. The topological polar surface area (TPSA) is 50.2 Å². The minimum absolute atomic E-state index is 0.545. The molecule has 2 rings (SSSR count). The van der Waals surface area contributed by atoms with E-state index in [1.165, 1.54) is 6.20 Å². The molecule has 70 valence electrons. The van der Waals surface area contributed by atoms with E-state index in [0.717, 1.165) is 12.8 Å². The smallest absolute Gasteiger partial charge is 0.165 e. The Bertz CT molecular complexity index is 348. The molecule has 3 nitrogen and oxygen atoms in total. The number of nitrogens with zero attached hydrogens (tertiary/aromatic N) is 1. The molecule has 1 unspecified atom stereocenters. The van der Waals surface area contributed by atoms with Crippen LogP contribution in [0.5, 0.6) is 0 Å². The summed E-state index contributed by atoms with van der Waals surface area (Å²) in [5, 5.41) is 0.545. The van der Waals surface area contributed by atoms with Gasteiger partial charge in [0.25, 0.3) is 0 Å². The van der Waals surface area contributed by atoms with Gasteiger partial charge in [-0.2, -0.15) is 0 Å². The van der Waals surface area contributed by atoms with Crippen molar-refractivity contribution in [2.24, 2.45) is 0 Å². The van der Waals surface area contributed by atoms with Crippen molar-refractivity contribution < 1.29 is 8.76 Å². The van der Waals surface area contributed by atoms with Crippen LogP contribution in [0.15, 0.2) is 18.3 Å². The molecule has 0 radical (unpaired) electrons. The summed E-state index contributed by atoms with van der Waals surface area (Å²) < 4.78 is 19.5. The highest BCUT2D eigenvalue weighted by molar-refractivity contribution is 7.80. The van der Waals surface area contributed by atoms with Crippen LogP contribution in [-0.4, -0.2) is 13.7 Å². The summed E-state index contributed by atoms with van der Waals surface area (Å²) in [6.45, 7) is 0. The van der Waals surface area contributed by atoms with Gasteiger partial charge in [0, 0.05) is 6.20 Å². The monoisotopic (exact) mass is 217 g/mol. The molecule has 5 heteroatoms. The Hall–Kier alpha value is -0.450. The lowest BCUT2D eigenvalue weighted by Crippen LogP contribution is -2.14. The van der Waals surface area contributed by atoms with E-state index < -0.39 is 15.8 Å². The first-order valence-electron chi connectivity index (χ1n) is 3.88. The third-order valence-corrected chi connectivity index (χ3v) is 3.74. The van der Waals surface area contributed by atoms with Gasteiger partial charge in [0.05, 0.1) is 10.7 Å². The van der Waals surface area contributed by atoms with Crippen LogP contribution in [0.1, 0.15) is 18.5 Å². The van der Waals surface area contributed by atoms with E-state index in [4.69, 9.17) is 16.2 Å². The molecule has 1 N–H and O–H groups in total. The Kier molecular flexibility index (Phi) is 2.14. The number of hydrogen-bond acceptors (Lipinski definition) is 2. The van der Waals surface area contributed by atoms with Gasteiger partial charge in [-0.25, -0.2) is 4.21 Å². The fourth-order valence-electron chi connectivity index (χ4n) is 1.28. The highest BCUT2D eigenvalue weighted by Crippen LogP contribution is 2.49. The van der Waals surface area contributed by atoms with Crippen molar-refractivity contribution in [2.45, 2.75) is 17.6 Å². The fourth-order valence-corrected chi connectivity index (χ4v) is 2.14. The molecule has 1 atom stereocenters. The van der Waals surface area contributed by atoms with E-state index in [0.29, 0.717) is 10.7 Å². The fraction of sp³-hybridized carbons (Fsp3) is 0.375. The van der Waals surface area contributed by atoms with Gasteiger partial charge in [-0.05, 0) is 25.0 Å². The van der Waals surface area contributed by atoms with E-state index in [1.807, 2.05) is 0 Å². The molecular formula is C8H8ClNO2S. The van der Waals surface area contributed by atoms with E-state index in [9.17, 15) is 4.21 Å². The average Bonchev–Trinajstić information content (AvgIpc) is 2.86. The Morgan fingerprint density at radius 2 is 2.23 bits per heavy atom. The number of halogens is 1. The molecule has 0 bridgehead atoms. The summed E-state index contributed by atoms with van der Waals surface area (Å²) in [6, 6.07) is 3.40. The predicted molar refractivity (Wildman–Crippen MR) is 50.9 cm³/mol. The molecule has 1 aliphatic carbocycles. The van der Waals surface area contributed by atoms with Gasteiger partial charge in [-0.3, -0.25) is 4.98 Å². The van der Waals surface area contributed by atoms with Crippen molar-refractivity contribution >= 4 is 22.7 Å². The van der Waals surface area contributed by atoms with Gasteiger partial charge in [-0.1, -0.05) is 11.6 Å². The highest BCUT2D eigenvalue weighted by atomic mass is 35.5. The van der Waals surface area contributed by atoms with Crippen molar-refractivity contribution in [1.82, 2.24) is 4.98 Å². The van der Waals surface area contributed by atoms with Gasteiger partial charge in [0.15, 0.2) is 11.1 Å². The average molecular weight is 218 g/mol. The number of aromatic nitrogens is 1. The first-order chi connectivity index (χ1) is 6.15. The first-order valence-corrected chi connectivity index (χ1v) is 5.37. The molecule has 0 aromatic carbocycles. The van der Waals surface area contributed by atoms with Crippen LogP contribution in [0.2, 0.25) is 5.02 Å². The maximum absolute atomic E-state index is 11.0. The van der Waals surface area contributed by atoms with E-state index >= 15 is 0 Å². The molecule has 13 heavy (non-hydrogen) atoms. The second-order valence-corrected chi connectivity index (χ2v) is 4.82. The quantitative estimate of drug-likeness (QED) is 0.771. The summed E-state index contributed by atoms with van der Waals surface area (Å²) in [5.41, 5.74) is 0.665. The molecule has 0 spiro atoms. The van der Waals surface area contributed by atoms with Crippen LogP contribution in [0.3, 0.4) is 0 Å². The molecule has 0 saturated heterocycles. The lowest BCUT2D eigenvalue weighted by molar-refractivity contribution is 0.545. The van der Waals surface area contributed by atoms with E-state index in [-0.39, 0.29) is 0 Å². The molecule has 0 aliphatic heterocycles. The Morgan fingerprint density at radius 3 is 2.62 bits per heavy atom. The summed E-state index contributed by atoms with van der Waals surface area (Å²) in [7, 11) is 0. The summed E-state index contributed by atoms with van der Waals surface area (Å²) in [4.78, 5) is 4.05. The molecule has 1 aromatic rings. The van der Waals surface area contributed by atoms with Crippen LogP contribution in [0.4, 0.5) is 0 Å². The standard InChI is InChI=1S/C8H8ClNO2S/c9-6-1-2-7(10-5-6)8(3-4-8)13(11)12/h1-2,5H,3-4H2,(H,11,12). The zero-order chi connectivity index (χ0) is 9.47. The second-order valence-electron chi connectivity index (χ2n) is 3.11. The molecule has 1 saturated carbocycles. The maximum atomic E-state index is 11.0. The lowest BCUT2D eigenvalue weighted by atomic mass is 10.2. The van der Waals surface area contributed by atoms with E-state index in [1.54, 1.807) is 12.1 Å². The third-order valence-electron chi connectivity index (χ3n) is 2.23. The Balaban J connectivity index is 2.36. The van der Waals surface area contributed by atoms with Crippen LogP contribution in [0.25, 0.3) is 0 Å². The maximum Gasteiger partial charge on any atom is 0.165 e. The number of hydrogen-bond donors (Lipinski definition) is 1. The largest absolute Gasteiger partial charge is 0.305 e. The number of pyridine rings is 1. The van der Waals surface area contributed by atoms with Crippen molar-refractivity contribution in [1.29, 1.82) is 0 Å². The van der Waals surface area contributed by atoms with Crippen molar-refractivity contribution in [3.63, 3.8) is 0 Å². The van der Waals surface area contributed by atoms with Crippen LogP contribution in [-0.2, 0) is 15.8 Å². The first kappa shape index (κ1) is 9.12. The Morgan fingerprint density at radius 1 is 1.54 bits per heavy atom. The normalized spacial score (nSPS) is 21.1. The van der Waals surface area contributed by atoms with Gasteiger partial charge in [0.2, 0.25) is 0 Å². The minimum atomic E-state index is -1.83. The molecule has 1 heterocycles. The summed E-state index contributed by atoms with van der Waals surface area (Å²) >= 11 is 3.83. The molecule has 1 aromatic heterocycles. The van der Waals surface area contributed by atoms with Crippen LogP contribution in [0, 0.1) is 0 Å². The van der Waals surface area contributed by atoms with Gasteiger partial charge in [0.1, 0.15) is 4.75 Å². The Labute approximate surface area is 83.4 Å². The summed E-state index contributed by atoms with van der Waals surface area (Å²) in [6.07, 6.45) is 2.96. The van der Waals surface area contributed by atoms with Gasteiger partial charge < -0.3 is 4.55 Å². The predicted octanol–water partition coefficient (Wildman–Crippen LogP) is 1.95. The second kappa shape index (κ2) is 3.04. The van der Waals surface area contributed by atoms with Crippen molar-refractivity contribution in [3.05, 3.63) is 29.0 Å². The van der Waals surface area contributed by atoms with Gasteiger partial charge in [-0.15, -0.1) is 0 Å².